The van der Waals surface area contributed by atoms with Gasteiger partial charge in [0, 0.05) is 17.9 Å². The van der Waals surface area contributed by atoms with E-state index in [9.17, 15) is 10.1 Å². The van der Waals surface area contributed by atoms with Crippen LogP contribution in [-0.4, -0.2) is 4.92 Å². The lowest BCUT2D eigenvalue weighted by Crippen LogP contribution is -1.92. The molecule has 0 unspecified atom stereocenters. The minimum absolute atomic E-state index is 0.0932. The summed E-state index contributed by atoms with van der Waals surface area (Å²) < 4.78 is 0. The van der Waals surface area contributed by atoms with Gasteiger partial charge in [0.2, 0.25) is 5.70 Å². The van der Waals surface area contributed by atoms with Crippen molar-refractivity contribution >= 4 is 17.8 Å². The first kappa shape index (κ1) is 11.3. The van der Waals surface area contributed by atoms with Crippen molar-refractivity contribution in [1.29, 1.82) is 5.26 Å². The van der Waals surface area contributed by atoms with Crippen LogP contribution in [0.2, 0.25) is 0 Å². The van der Waals surface area contributed by atoms with Gasteiger partial charge in [-0.2, -0.15) is 5.26 Å². The molecule has 76 valence electrons. The monoisotopic (exact) mass is 220 g/mol. The summed E-state index contributed by atoms with van der Waals surface area (Å²) >= 11 is 1.06. The molecule has 5 heteroatoms. The van der Waals surface area contributed by atoms with Gasteiger partial charge in [-0.05, 0) is 29.5 Å². The molecule has 0 bridgehead atoms. The van der Waals surface area contributed by atoms with Crippen LogP contribution in [0.1, 0.15) is 12.5 Å². The molecule has 0 radical (unpaired) electrons. The summed E-state index contributed by atoms with van der Waals surface area (Å²) in [6.45, 7) is 1.44. The second kappa shape index (κ2) is 5.17. The highest BCUT2D eigenvalue weighted by atomic mass is 32.2. The van der Waals surface area contributed by atoms with Gasteiger partial charge in [-0.3, -0.25) is 10.1 Å². The summed E-state index contributed by atoms with van der Waals surface area (Å²) in [7, 11) is 0. The van der Waals surface area contributed by atoms with Crippen LogP contribution in [0.4, 0.5) is 0 Å². The fourth-order valence-electron chi connectivity index (χ4n) is 0.979. The number of nitrogens with zero attached hydrogens (tertiary/aromatic N) is 2. The van der Waals surface area contributed by atoms with Gasteiger partial charge >= 0.3 is 0 Å². The highest BCUT2D eigenvalue weighted by Gasteiger charge is 2.01. The fourth-order valence-corrected chi connectivity index (χ4v) is 1.36. The SMILES string of the molecule is C/C(=C\c1ccc(SC#N)cc1)[N+](=O)[O-]. The van der Waals surface area contributed by atoms with Crippen molar-refractivity contribution in [2.24, 2.45) is 0 Å². The van der Waals surface area contributed by atoms with Crippen molar-refractivity contribution in [3.63, 3.8) is 0 Å². The van der Waals surface area contributed by atoms with Crippen LogP contribution >= 0.6 is 11.8 Å². The molecule has 15 heavy (non-hydrogen) atoms. The first-order valence-electron chi connectivity index (χ1n) is 4.12. The van der Waals surface area contributed by atoms with Gasteiger partial charge in [0.1, 0.15) is 5.40 Å². The molecule has 0 spiro atoms. The lowest BCUT2D eigenvalue weighted by Gasteiger charge is -1.95. The summed E-state index contributed by atoms with van der Waals surface area (Å²) in [5, 5.41) is 20.7. The van der Waals surface area contributed by atoms with E-state index >= 15 is 0 Å². The second-order valence-corrected chi connectivity index (χ2v) is 3.66. The third-order valence-corrected chi connectivity index (χ3v) is 2.31. The Morgan fingerprint density at radius 1 is 1.53 bits per heavy atom. The minimum atomic E-state index is -0.433. The predicted octanol–water partition coefficient (Wildman–Crippen LogP) is 2.90. The smallest absolute Gasteiger partial charge is 0.243 e. The first-order valence-corrected chi connectivity index (χ1v) is 4.94. The van der Waals surface area contributed by atoms with Crippen LogP contribution in [0.5, 0.6) is 0 Å². The Balaban J connectivity index is 2.86. The van der Waals surface area contributed by atoms with Crippen LogP contribution in [0.15, 0.2) is 34.9 Å². The molecule has 0 aliphatic carbocycles. The van der Waals surface area contributed by atoms with E-state index in [1.165, 1.54) is 13.0 Å². The number of hydrogen-bond donors (Lipinski definition) is 0. The molecule has 1 aromatic carbocycles. The number of hydrogen-bond acceptors (Lipinski definition) is 4. The zero-order chi connectivity index (χ0) is 11.3. The van der Waals surface area contributed by atoms with Crippen molar-refractivity contribution in [1.82, 2.24) is 0 Å². The van der Waals surface area contributed by atoms with E-state index in [2.05, 4.69) is 0 Å². The number of thioether (sulfide) groups is 1. The van der Waals surface area contributed by atoms with Gasteiger partial charge in [0.05, 0.1) is 4.92 Å². The van der Waals surface area contributed by atoms with Gasteiger partial charge < -0.3 is 0 Å². The van der Waals surface area contributed by atoms with Gasteiger partial charge in [-0.1, -0.05) is 12.1 Å². The number of benzene rings is 1. The minimum Gasteiger partial charge on any atom is -0.259 e. The first-order chi connectivity index (χ1) is 7.13. The van der Waals surface area contributed by atoms with E-state index in [1.54, 1.807) is 24.3 Å². The number of thiocyanates is 1. The lowest BCUT2D eigenvalue weighted by atomic mass is 10.2. The van der Waals surface area contributed by atoms with Crippen molar-refractivity contribution in [2.75, 3.05) is 0 Å². The van der Waals surface area contributed by atoms with Crippen LogP contribution < -0.4 is 0 Å². The molecule has 0 saturated carbocycles. The second-order valence-electron chi connectivity index (χ2n) is 2.81. The third kappa shape index (κ3) is 3.44. The number of rotatable bonds is 3. The number of allylic oxidation sites excluding steroid dienone is 1. The summed E-state index contributed by atoms with van der Waals surface area (Å²) in [6.07, 6.45) is 1.49. The van der Waals surface area contributed by atoms with Gasteiger partial charge in [0.25, 0.3) is 0 Å². The summed E-state index contributed by atoms with van der Waals surface area (Å²) in [5.41, 5.74) is 0.849. The average molecular weight is 220 g/mol. The maximum absolute atomic E-state index is 10.4. The van der Waals surface area contributed by atoms with Crippen molar-refractivity contribution in [3.8, 4) is 5.40 Å². The number of nitro groups is 1. The Morgan fingerprint density at radius 3 is 2.60 bits per heavy atom. The molecule has 0 N–H and O–H groups in total. The highest BCUT2D eigenvalue weighted by Crippen LogP contribution is 2.17. The van der Waals surface area contributed by atoms with Gasteiger partial charge in [-0.25, -0.2) is 0 Å². The Labute approximate surface area is 91.4 Å². The van der Waals surface area contributed by atoms with Gasteiger partial charge in [0.15, 0.2) is 0 Å². The molecule has 0 saturated heterocycles. The van der Waals surface area contributed by atoms with E-state index in [0.717, 1.165) is 22.2 Å². The van der Waals surface area contributed by atoms with Crippen LogP contribution in [0.3, 0.4) is 0 Å². The van der Waals surface area contributed by atoms with Crippen molar-refractivity contribution in [2.45, 2.75) is 11.8 Å². The molecule has 0 aromatic heterocycles. The number of nitriles is 1. The Morgan fingerprint density at radius 2 is 2.13 bits per heavy atom. The van der Waals surface area contributed by atoms with E-state index in [0.29, 0.717) is 0 Å². The molecule has 0 aliphatic rings. The fraction of sp³-hybridized carbons (Fsp3) is 0.100. The predicted molar refractivity (Wildman–Crippen MR) is 58.6 cm³/mol. The quantitative estimate of drug-likeness (QED) is 0.340. The zero-order valence-corrected chi connectivity index (χ0v) is 8.82. The molecule has 0 heterocycles. The molecule has 4 nitrogen and oxygen atoms in total. The summed E-state index contributed by atoms with van der Waals surface area (Å²) in [4.78, 5) is 10.8. The van der Waals surface area contributed by atoms with Crippen LogP contribution in [0.25, 0.3) is 6.08 Å². The largest absolute Gasteiger partial charge is 0.259 e. The molecular formula is C10H8N2O2S. The Hall–Kier alpha value is -1.80. The summed E-state index contributed by atoms with van der Waals surface area (Å²) in [5.74, 6) is 0. The molecule has 0 atom stereocenters. The molecule has 0 amide bonds. The van der Waals surface area contributed by atoms with E-state index in [-0.39, 0.29) is 5.70 Å². The lowest BCUT2D eigenvalue weighted by molar-refractivity contribution is -0.422. The van der Waals surface area contributed by atoms with E-state index < -0.39 is 4.92 Å². The average Bonchev–Trinajstić information content (AvgIpc) is 2.21. The molecule has 1 rings (SSSR count). The standard InChI is InChI=1S/C10H8N2O2S/c1-8(12(13)14)6-9-2-4-10(5-3-9)15-7-11/h2-6H,1H3/b8-6+. The maximum Gasteiger partial charge on any atom is 0.243 e. The highest BCUT2D eigenvalue weighted by molar-refractivity contribution is 8.03. The molecule has 0 aliphatic heterocycles. The van der Waals surface area contributed by atoms with Crippen molar-refractivity contribution < 1.29 is 4.92 Å². The zero-order valence-electron chi connectivity index (χ0n) is 8.01. The van der Waals surface area contributed by atoms with E-state index in [1.807, 2.05) is 5.40 Å². The maximum atomic E-state index is 10.4. The van der Waals surface area contributed by atoms with Crippen molar-refractivity contribution in [3.05, 3.63) is 45.6 Å². The third-order valence-electron chi connectivity index (χ3n) is 1.71. The normalized spacial score (nSPS) is 10.8. The van der Waals surface area contributed by atoms with Crippen LogP contribution in [0, 0.1) is 20.8 Å². The van der Waals surface area contributed by atoms with E-state index in [4.69, 9.17) is 5.26 Å². The Kier molecular flexibility index (Phi) is 3.89. The molecule has 1 aromatic rings. The topological polar surface area (TPSA) is 66.9 Å². The summed E-state index contributed by atoms with van der Waals surface area (Å²) in [6, 6.07) is 7.00. The molecule has 0 fully saturated rings. The van der Waals surface area contributed by atoms with Crippen LogP contribution in [-0.2, 0) is 0 Å². The van der Waals surface area contributed by atoms with Gasteiger partial charge in [-0.15, -0.1) is 0 Å². The Bertz CT molecular complexity index is 432. The molecular weight excluding hydrogens is 212 g/mol.